The molecule has 0 aromatic heterocycles. The maximum atomic E-state index is 13.6. The van der Waals surface area contributed by atoms with E-state index in [9.17, 15) is 8.78 Å². The zero-order valence-electron chi connectivity index (χ0n) is 11.0. The molecule has 2 nitrogen and oxygen atoms in total. The van der Waals surface area contributed by atoms with Crippen molar-refractivity contribution in [2.75, 3.05) is 23.9 Å². The molecule has 0 unspecified atom stereocenters. The van der Waals surface area contributed by atoms with E-state index in [-0.39, 0.29) is 16.1 Å². The molecule has 0 heterocycles. The van der Waals surface area contributed by atoms with Crippen LogP contribution < -0.4 is 11.1 Å². The maximum Gasteiger partial charge on any atom is 0.183 e. The number of benzene rings is 1. The van der Waals surface area contributed by atoms with Gasteiger partial charge in [-0.1, -0.05) is 13.8 Å². The third kappa shape index (κ3) is 3.07. The van der Waals surface area contributed by atoms with Crippen molar-refractivity contribution in [1.82, 2.24) is 0 Å². The second-order valence-electron chi connectivity index (χ2n) is 4.27. The van der Waals surface area contributed by atoms with Gasteiger partial charge < -0.3 is 11.1 Å². The molecule has 0 spiro atoms. The summed E-state index contributed by atoms with van der Waals surface area (Å²) in [7, 11) is 0. The number of anilines is 2. The van der Waals surface area contributed by atoms with E-state index in [0.29, 0.717) is 6.54 Å². The molecule has 5 heteroatoms. The Bertz CT molecular complexity index is 398. The second kappa shape index (κ2) is 6.27. The Morgan fingerprint density at radius 1 is 1.28 bits per heavy atom. The Kier molecular flexibility index (Phi) is 5.26. The normalized spacial score (nSPS) is 11.6. The number of nitrogens with one attached hydrogen (secondary N) is 1. The van der Waals surface area contributed by atoms with E-state index in [1.54, 1.807) is 11.8 Å². The highest BCUT2D eigenvalue weighted by molar-refractivity contribution is 8.00. The zero-order chi connectivity index (χ0) is 13.8. The molecule has 0 aliphatic carbocycles. The van der Waals surface area contributed by atoms with Crippen LogP contribution in [0, 0.1) is 11.6 Å². The molecular formula is C13H20F2N2S. The van der Waals surface area contributed by atoms with Crippen molar-refractivity contribution < 1.29 is 8.78 Å². The van der Waals surface area contributed by atoms with Crippen LogP contribution in [0.5, 0.6) is 0 Å². The van der Waals surface area contributed by atoms with E-state index in [4.69, 9.17) is 5.73 Å². The molecule has 0 bridgehead atoms. The predicted octanol–water partition coefficient (Wildman–Crippen LogP) is 3.88. The van der Waals surface area contributed by atoms with Gasteiger partial charge >= 0.3 is 0 Å². The summed E-state index contributed by atoms with van der Waals surface area (Å²) in [6, 6.07) is 2.41. The predicted molar refractivity (Wildman–Crippen MR) is 76.1 cm³/mol. The minimum atomic E-state index is -0.905. The van der Waals surface area contributed by atoms with Gasteiger partial charge in [0.1, 0.15) is 0 Å². The second-order valence-corrected chi connectivity index (χ2v) is 5.55. The number of rotatable bonds is 6. The summed E-state index contributed by atoms with van der Waals surface area (Å²) in [6.07, 6.45) is 3.93. The van der Waals surface area contributed by atoms with Gasteiger partial charge in [-0.2, -0.15) is 11.8 Å². The number of hydrogen-bond acceptors (Lipinski definition) is 3. The van der Waals surface area contributed by atoms with Crippen molar-refractivity contribution in [3.05, 3.63) is 23.8 Å². The highest BCUT2D eigenvalue weighted by Crippen LogP contribution is 2.32. The number of thioether (sulfide) groups is 1. The van der Waals surface area contributed by atoms with Gasteiger partial charge in [0.2, 0.25) is 0 Å². The SMILES string of the molecule is CCC(CC)(CNc1c(N)ccc(F)c1F)SC. The summed E-state index contributed by atoms with van der Waals surface area (Å²) < 4.78 is 26.8. The number of nitrogen functional groups attached to an aromatic ring is 1. The van der Waals surface area contributed by atoms with Gasteiger partial charge in [-0.25, -0.2) is 8.78 Å². The van der Waals surface area contributed by atoms with E-state index >= 15 is 0 Å². The fourth-order valence-corrected chi connectivity index (χ4v) is 2.65. The minimum absolute atomic E-state index is 0.0190. The number of nitrogens with two attached hydrogens (primary N) is 1. The first-order valence-corrected chi connectivity index (χ1v) is 7.24. The molecule has 0 radical (unpaired) electrons. The molecule has 0 amide bonds. The van der Waals surface area contributed by atoms with Crippen molar-refractivity contribution in [3.63, 3.8) is 0 Å². The first-order valence-electron chi connectivity index (χ1n) is 6.02. The summed E-state index contributed by atoms with van der Waals surface area (Å²) in [5, 5.41) is 2.95. The molecular weight excluding hydrogens is 254 g/mol. The Balaban J connectivity index is 2.89. The van der Waals surface area contributed by atoms with Crippen molar-refractivity contribution in [2.45, 2.75) is 31.4 Å². The lowest BCUT2D eigenvalue weighted by atomic mass is 10.0. The lowest BCUT2D eigenvalue weighted by molar-refractivity contribution is 0.509. The largest absolute Gasteiger partial charge is 0.397 e. The van der Waals surface area contributed by atoms with Gasteiger partial charge in [-0.15, -0.1) is 0 Å². The summed E-state index contributed by atoms with van der Waals surface area (Å²) >= 11 is 1.73. The van der Waals surface area contributed by atoms with Crippen LogP contribution in [0.1, 0.15) is 26.7 Å². The fourth-order valence-electron chi connectivity index (χ4n) is 1.86. The lowest BCUT2D eigenvalue weighted by Gasteiger charge is -2.30. The smallest absolute Gasteiger partial charge is 0.183 e. The maximum absolute atomic E-state index is 13.6. The zero-order valence-corrected chi connectivity index (χ0v) is 11.8. The third-order valence-corrected chi connectivity index (χ3v) is 5.02. The summed E-state index contributed by atoms with van der Waals surface area (Å²) in [5.41, 5.74) is 5.97. The Morgan fingerprint density at radius 2 is 1.89 bits per heavy atom. The first-order chi connectivity index (χ1) is 8.49. The van der Waals surface area contributed by atoms with Crippen molar-refractivity contribution in [2.24, 2.45) is 0 Å². The van der Waals surface area contributed by atoms with Crippen molar-refractivity contribution in [1.29, 1.82) is 0 Å². The Hall–Kier alpha value is -0.970. The van der Waals surface area contributed by atoms with Crippen LogP contribution in [0.4, 0.5) is 20.2 Å². The van der Waals surface area contributed by atoms with E-state index < -0.39 is 11.6 Å². The third-order valence-electron chi connectivity index (χ3n) is 3.44. The van der Waals surface area contributed by atoms with Gasteiger partial charge in [0, 0.05) is 11.3 Å². The van der Waals surface area contributed by atoms with Crippen LogP contribution in [0.25, 0.3) is 0 Å². The fraction of sp³-hybridized carbons (Fsp3) is 0.538. The van der Waals surface area contributed by atoms with E-state index in [1.165, 1.54) is 6.07 Å². The van der Waals surface area contributed by atoms with E-state index in [1.807, 2.05) is 6.26 Å². The summed E-state index contributed by atoms with van der Waals surface area (Å²) in [5.74, 6) is -1.79. The standard InChI is InChI=1S/C13H20F2N2S/c1-4-13(5-2,18-3)8-17-12-10(16)7-6-9(14)11(12)15/h6-7,17H,4-5,8,16H2,1-3H3. The molecule has 3 N–H and O–H groups in total. The molecule has 0 saturated carbocycles. The van der Waals surface area contributed by atoms with Gasteiger partial charge in [0.15, 0.2) is 11.6 Å². The summed E-state index contributed by atoms with van der Waals surface area (Å²) in [6.45, 7) is 4.74. The van der Waals surface area contributed by atoms with Crippen LogP contribution in [0.2, 0.25) is 0 Å². The van der Waals surface area contributed by atoms with Crippen LogP contribution in [-0.2, 0) is 0 Å². The monoisotopic (exact) mass is 274 g/mol. The van der Waals surface area contributed by atoms with E-state index in [2.05, 4.69) is 19.2 Å². The van der Waals surface area contributed by atoms with Crippen LogP contribution >= 0.6 is 11.8 Å². The van der Waals surface area contributed by atoms with Crippen LogP contribution in [0.15, 0.2) is 12.1 Å². The van der Waals surface area contributed by atoms with Crippen molar-refractivity contribution in [3.8, 4) is 0 Å². The Labute approximate surface area is 111 Å². The molecule has 0 aliphatic heterocycles. The molecule has 1 rings (SSSR count). The highest BCUT2D eigenvalue weighted by Gasteiger charge is 2.25. The Morgan fingerprint density at radius 3 is 2.39 bits per heavy atom. The molecule has 0 fully saturated rings. The topological polar surface area (TPSA) is 38.0 Å². The molecule has 18 heavy (non-hydrogen) atoms. The van der Waals surface area contributed by atoms with Gasteiger partial charge in [0.05, 0.1) is 11.4 Å². The molecule has 1 aromatic rings. The molecule has 0 aliphatic rings. The van der Waals surface area contributed by atoms with Crippen molar-refractivity contribution >= 4 is 23.1 Å². The van der Waals surface area contributed by atoms with Gasteiger partial charge in [-0.05, 0) is 31.2 Å². The average Bonchev–Trinajstić information content (AvgIpc) is 2.39. The molecule has 0 atom stereocenters. The molecule has 102 valence electrons. The minimum Gasteiger partial charge on any atom is -0.397 e. The first kappa shape index (κ1) is 15.1. The van der Waals surface area contributed by atoms with Gasteiger partial charge in [0.25, 0.3) is 0 Å². The molecule has 0 saturated heterocycles. The van der Waals surface area contributed by atoms with Crippen LogP contribution in [-0.4, -0.2) is 17.5 Å². The van der Waals surface area contributed by atoms with E-state index in [0.717, 1.165) is 18.9 Å². The molecule has 1 aromatic carbocycles. The highest BCUT2D eigenvalue weighted by atomic mass is 32.2. The average molecular weight is 274 g/mol. The van der Waals surface area contributed by atoms with Crippen LogP contribution in [0.3, 0.4) is 0 Å². The number of halogens is 2. The number of hydrogen-bond donors (Lipinski definition) is 2. The van der Waals surface area contributed by atoms with Gasteiger partial charge in [-0.3, -0.25) is 0 Å². The summed E-state index contributed by atoms with van der Waals surface area (Å²) in [4.78, 5) is 0. The quantitative estimate of drug-likeness (QED) is 0.773. The lowest BCUT2D eigenvalue weighted by Crippen LogP contribution is -2.32.